The van der Waals surface area contributed by atoms with Crippen molar-refractivity contribution in [3.05, 3.63) is 34.9 Å². The Morgan fingerprint density at radius 3 is 2.50 bits per heavy atom. The Hall–Kier alpha value is -0.320. The molecule has 1 aromatic carbocycles. The Kier molecular flexibility index (Phi) is 6.59. The maximum Gasteiger partial charge on any atom is 0.313 e. The summed E-state index contributed by atoms with van der Waals surface area (Å²) in [5.41, 5.74) is 1.17. The number of hydrogen-bond acceptors (Lipinski definition) is 3. The zero-order valence-electron chi connectivity index (χ0n) is 11.3. The SMILES string of the molecule is O=C(O)CSC1CCCCC1SCc1ccccc1Cl. The monoisotopic (exact) mass is 330 g/mol. The lowest BCUT2D eigenvalue weighted by Gasteiger charge is -2.30. The zero-order chi connectivity index (χ0) is 14.4. The molecule has 0 amide bonds. The van der Waals surface area contributed by atoms with Gasteiger partial charge in [-0.3, -0.25) is 4.79 Å². The van der Waals surface area contributed by atoms with Gasteiger partial charge in [-0.2, -0.15) is 11.8 Å². The van der Waals surface area contributed by atoms with Gasteiger partial charge in [0.05, 0.1) is 5.75 Å². The van der Waals surface area contributed by atoms with Gasteiger partial charge in [-0.1, -0.05) is 42.6 Å². The van der Waals surface area contributed by atoms with E-state index in [1.807, 2.05) is 30.0 Å². The minimum atomic E-state index is -0.713. The first-order valence-corrected chi connectivity index (χ1v) is 9.33. The third-order valence-corrected chi connectivity index (χ3v) is 6.89. The number of carboxylic acids is 1. The summed E-state index contributed by atoms with van der Waals surface area (Å²) in [5, 5.41) is 10.7. The molecule has 1 aliphatic rings. The van der Waals surface area contributed by atoms with Crippen LogP contribution in [0.25, 0.3) is 0 Å². The van der Waals surface area contributed by atoms with Crippen LogP contribution in [0.4, 0.5) is 0 Å². The first-order valence-electron chi connectivity index (χ1n) is 6.85. The second-order valence-corrected chi connectivity index (χ2v) is 7.83. The highest BCUT2D eigenvalue weighted by molar-refractivity contribution is 8.03. The van der Waals surface area contributed by atoms with Crippen molar-refractivity contribution in [1.29, 1.82) is 0 Å². The fourth-order valence-corrected chi connectivity index (χ4v) is 5.56. The molecule has 2 rings (SSSR count). The number of thioether (sulfide) groups is 2. The summed E-state index contributed by atoms with van der Waals surface area (Å²) in [6, 6.07) is 7.95. The predicted molar refractivity (Wildman–Crippen MR) is 88.9 cm³/mol. The molecular weight excluding hydrogens is 312 g/mol. The van der Waals surface area contributed by atoms with Crippen LogP contribution < -0.4 is 0 Å². The Morgan fingerprint density at radius 1 is 1.20 bits per heavy atom. The zero-order valence-corrected chi connectivity index (χ0v) is 13.6. The molecule has 20 heavy (non-hydrogen) atoms. The molecule has 110 valence electrons. The molecule has 2 unspecified atom stereocenters. The number of hydrogen-bond donors (Lipinski definition) is 1. The number of halogens is 1. The van der Waals surface area contributed by atoms with Crippen LogP contribution in [-0.2, 0) is 10.5 Å². The van der Waals surface area contributed by atoms with Gasteiger partial charge in [-0.05, 0) is 24.5 Å². The second-order valence-electron chi connectivity index (χ2n) is 4.97. The molecule has 1 fully saturated rings. The van der Waals surface area contributed by atoms with Crippen LogP contribution in [0, 0.1) is 0 Å². The second kappa shape index (κ2) is 8.20. The van der Waals surface area contributed by atoms with Crippen LogP contribution in [0.5, 0.6) is 0 Å². The fraction of sp³-hybridized carbons (Fsp3) is 0.533. The molecule has 0 aliphatic heterocycles. The highest BCUT2D eigenvalue weighted by atomic mass is 35.5. The van der Waals surface area contributed by atoms with Crippen LogP contribution in [-0.4, -0.2) is 27.3 Å². The van der Waals surface area contributed by atoms with Crippen molar-refractivity contribution in [2.45, 2.75) is 41.9 Å². The van der Waals surface area contributed by atoms with Crippen molar-refractivity contribution in [1.82, 2.24) is 0 Å². The molecule has 1 aliphatic carbocycles. The van der Waals surface area contributed by atoms with Crippen molar-refractivity contribution in [3.8, 4) is 0 Å². The van der Waals surface area contributed by atoms with E-state index in [1.54, 1.807) is 11.8 Å². The maximum atomic E-state index is 10.7. The lowest BCUT2D eigenvalue weighted by atomic mass is 10.00. The van der Waals surface area contributed by atoms with Gasteiger partial charge >= 0.3 is 5.97 Å². The van der Waals surface area contributed by atoms with Crippen LogP contribution >= 0.6 is 35.1 Å². The standard InChI is InChI=1S/C15H19ClO2S2/c16-12-6-2-1-5-11(12)9-19-13-7-3-4-8-14(13)20-10-15(17)18/h1-2,5-6,13-14H,3-4,7-10H2,(H,17,18). The summed E-state index contributed by atoms with van der Waals surface area (Å²) in [6.45, 7) is 0. The molecular formula is C15H19ClO2S2. The van der Waals surface area contributed by atoms with Gasteiger partial charge < -0.3 is 5.11 Å². The van der Waals surface area contributed by atoms with Crippen molar-refractivity contribution in [2.75, 3.05) is 5.75 Å². The Labute approximate surface area is 133 Å². The molecule has 1 N–H and O–H groups in total. The van der Waals surface area contributed by atoms with Gasteiger partial charge in [0.1, 0.15) is 0 Å². The Balaban J connectivity index is 1.88. The molecule has 0 saturated heterocycles. The largest absolute Gasteiger partial charge is 0.481 e. The quantitative estimate of drug-likeness (QED) is 0.820. The summed E-state index contributed by atoms with van der Waals surface area (Å²) in [4.78, 5) is 10.7. The third kappa shape index (κ3) is 4.90. The van der Waals surface area contributed by atoms with E-state index in [0.717, 1.165) is 17.2 Å². The van der Waals surface area contributed by atoms with E-state index in [4.69, 9.17) is 16.7 Å². The maximum absolute atomic E-state index is 10.7. The summed E-state index contributed by atoms with van der Waals surface area (Å²) >= 11 is 9.71. The van der Waals surface area contributed by atoms with Gasteiger partial charge in [-0.15, -0.1) is 11.8 Å². The third-order valence-electron chi connectivity index (χ3n) is 3.47. The number of carbonyl (C=O) groups is 1. The molecule has 0 aromatic heterocycles. The van der Waals surface area contributed by atoms with Gasteiger partial charge in [0.15, 0.2) is 0 Å². The number of aliphatic carboxylic acids is 1. The molecule has 1 aromatic rings. The van der Waals surface area contributed by atoms with Crippen molar-refractivity contribution < 1.29 is 9.90 Å². The first kappa shape index (κ1) is 16.1. The van der Waals surface area contributed by atoms with Gasteiger partial charge in [0.2, 0.25) is 0 Å². The highest BCUT2D eigenvalue weighted by Crippen LogP contribution is 2.38. The molecule has 0 heterocycles. The predicted octanol–water partition coefficient (Wildman–Crippen LogP) is 4.70. The van der Waals surface area contributed by atoms with Gasteiger partial charge in [0, 0.05) is 21.3 Å². The smallest absolute Gasteiger partial charge is 0.313 e. The van der Waals surface area contributed by atoms with E-state index in [9.17, 15) is 4.79 Å². The van der Waals surface area contributed by atoms with Gasteiger partial charge in [0.25, 0.3) is 0 Å². The molecule has 0 radical (unpaired) electrons. The molecule has 2 atom stereocenters. The van der Waals surface area contributed by atoms with Crippen molar-refractivity contribution in [3.63, 3.8) is 0 Å². The van der Waals surface area contributed by atoms with Crippen LogP contribution in [0.15, 0.2) is 24.3 Å². The summed E-state index contributed by atoms with van der Waals surface area (Å²) < 4.78 is 0. The average Bonchev–Trinajstić information content (AvgIpc) is 2.45. The summed E-state index contributed by atoms with van der Waals surface area (Å²) in [7, 11) is 0. The van der Waals surface area contributed by atoms with E-state index in [0.29, 0.717) is 10.5 Å². The van der Waals surface area contributed by atoms with E-state index in [1.165, 1.54) is 24.8 Å². The Bertz CT molecular complexity index is 453. The van der Waals surface area contributed by atoms with E-state index >= 15 is 0 Å². The lowest BCUT2D eigenvalue weighted by molar-refractivity contribution is -0.133. The fourth-order valence-electron chi connectivity index (χ4n) is 2.43. The molecule has 0 spiro atoms. The number of benzene rings is 1. The number of rotatable bonds is 6. The van der Waals surface area contributed by atoms with Crippen LogP contribution in [0.1, 0.15) is 31.2 Å². The summed E-state index contributed by atoms with van der Waals surface area (Å²) in [5.74, 6) is 0.415. The summed E-state index contributed by atoms with van der Waals surface area (Å²) in [6.07, 6.45) is 4.80. The highest BCUT2D eigenvalue weighted by Gasteiger charge is 2.26. The lowest BCUT2D eigenvalue weighted by Crippen LogP contribution is -2.25. The minimum Gasteiger partial charge on any atom is -0.481 e. The normalized spacial score (nSPS) is 22.6. The topological polar surface area (TPSA) is 37.3 Å². The molecule has 5 heteroatoms. The van der Waals surface area contributed by atoms with E-state index in [-0.39, 0.29) is 5.75 Å². The van der Waals surface area contributed by atoms with Gasteiger partial charge in [-0.25, -0.2) is 0 Å². The molecule has 2 nitrogen and oxygen atoms in total. The van der Waals surface area contributed by atoms with Crippen molar-refractivity contribution >= 4 is 41.1 Å². The van der Waals surface area contributed by atoms with E-state index in [2.05, 4.69) is 6.07 Å². The average molecular weight is 331 g/mol. The van der Waals surface area contributed by atoms with Crippen LogP contribution in [0.3, 0.4) is 0 Å². The number of carboxylic acid groups (broad SMARTS) is 1. The first-order chi connectivity index (χ1) is 9.66. The van der Waals surface area contributed by atoms with E-state index < -0.39 is 5.97 Å². The molecule has 0 bridgehead atoms. The molecule has 1 saturated carbocycles. The van der Waals surface area contributed by atoms with Crippen LogP contribution in [0.2, 0.25) is 5.02 Å². The minimum absolute atomic E-state index is 0.216. The Morgan fingerprint density at radius 2 is 1.85 bits per heavy atom. The van der Waals surface area contributed by atoms with Crippen molar-refractivity contribution in [2.24, 2.45) is 0 Å².